The van der Waals surface area contributed by atoms with Crippen molar-refractivity contribution in [1.29, 1.82) is 0 Å². The molecule has 1 saturated heterocycles. The van der Waals surface area contributed by atoms with Crippen LogP contribution < -0.4 is 10.2 Å². The number of sulfonamides is 1. The standard InChI is InChI=1S/C22H26N4O3S/c1-16-6-5-7-18(14-16)26-13-12-25(15-17(26)2)22(27)11-10-21-23-19-8-3-4-9-20(19)30(28,29)24-21/h3-9,14,17H,10-13,15H2,1-2H3,(H,23,24)/t17-/m1/s1. The Morgan fingerprint density at radius 2 is 1.97 bits per heavy atom. The third-order valence-electron chi connectivity index (χ3n) is 5.56. The highest BCUT2D eigenvalue weighted by Crippen LogP contribution is 2.27. The Labute approximate surface area is 177 Å². The molecule has 0 unspecified atom stereocenters. The van der Waals surface area contributed by atoms with E-state index in [4.69, 9.17) is 0 Å². The maximum atomic E-state index is 12.8. The molecule has 2 heterocycles. The number of amides is 1. The van der Waals surface area contributed by atoms with Gasteiger partial charge >= 0.3 is 0 Å². The van der Waals surface area contributed by atoms with Crippen LogP contribution in [-0.2, 0) is 14.8 Å². The van der Waals surface area contributed by atoms with Crippen molar-refractivity contribution in [3.8, 4) is 0 Å². The van der Waals surface area contributed by atoms with Gasteiger partial charge in [-0.05, 0) is 43.7 Å². The van der Waals surface area contributed by atoms with Crippen LogP contribution in [0.5, 0.6) is 0 Å². The molecular formula is C22H26N4O3S. The molecule has 2 aromatic carbocycles. The van der Waals surface area contributed by atoms with E-state index in [1.54, 1.807) is 18.2 Å². The lowest BCUT2D eigenvalue weighted by atomic mass is 10.1. The number of benzene rings is 2. The van der Waals surface area contributed by atoms with Crippen LogP contribution in [0.4, 0.5) is 11.4 Å². The van der Waals surface area contributed by atoms with Gasteiger partial charge in [-0.25, -0.2) is 0 Å². The molecule has 0 aromatic heterocycles. The molecule has 0 radical (unpaired) electrons. The van der Waals surface area contributed by atoms with E-state index in [1.807, 2.05) is 4.90 Å². The average molecular weight is 427 g/mol. The summed E-state index contributed by atoms with van der Waals surface area (Å²) in [6.07, 6.45) is 0.486. The normalized spacial score (nSPS) is 20.2. The van der Waals surface area contributed by atoms with Crippen LogP contribution in [0.25, 0.3) is 0 Å². The molecule has 2 aliphatic rings. The Kier molecular flexibility index (Phi) is 5.51. The number of para-hydroxylation sites is 1. The average Bonchev–Trinajstić information content (AvgIpc) is 2.71. The minimum absolute atomic E-state index is 0.0199. The van der Waals surface area contributed by atoms with Crippen LogP contribution in [0.15, 0.2) is 57.8 Å². The summed E-state index contributed by atoms with van der Waals surface area (Å²) in [5.74, 6) is 0.333. The fourth-order valence-corrected chi connectivity index (χ4v) is 5.21. The summed E-state index contributed by atoms with van der Waals surface area (Å²) in [7, 11) is -3.72. The molecule has 158 valence electrons. The first-order chi connectivity index (χ1) is 14.3. The molecule has 1 atom stereocenters. The smallest absolute Gasteiger partial charge is 0.286 e. The Morgan fingerprint density at radius 1 is 1.17 bits per heavy atom. The highest BCUT2D eigenvalue weighted by atomic mass is 32.2. The Morgan fingerprint density at radius 3 is 2.73 bits per heavy atom. The fraction of sp³-hybridized carbons (Fsp3) is 0.364. The van der Waals surface area contributed by atoms with Crippen LogP contribution in [0.1, 0.15) is 25.3 Å². The predicted molar refractivity (Wildman–Crippen MR) is 118 cm³/mol. The molecule has 1 N–H and O–H groups in total. The molecule has 8 heteroatoms. The van der Waals surface area contributed by atoms with Crippen LogP contribution in [0.3, 0.4) is 0 Å². The van der Waals surface area contributed by atoms with Crippen molar-refractivity contribution in [3.63, 3.8) is 0 Å². The van der Waals surface area contributed by atoms with Crippen LogP contribution in [-0.4, -0.2) is 50.7 Å². The van der Waals surface area contributed by atoms with Crippen LogP contribution in [0.2, 0.25) is 0 Å². The number of carbonyl (C=O) groups excluding carboxylic acids is 1. The van der Waals surface area contributed by atoms with Crippen LogP contribution >= 0.6 is 0 Å². The summed E-state index contributed by atoms with van der Waals surface area (Å²) >= 11 is 0. The Balaban J connectivity index is 1.36. The van der Waals surface area contributed by atoms with Gasteiger partial charge in [0.15, 0.2) is 0 Å². The Hall–Kier alpha value is -2.87. The summed E-state index contributed by atoms with van der Waals surface area (Å²) in [5.41, 5.74) is 2.91. The number of anilines is 2. The Bertz CT molecular complexity index is 1100. The van der Waals surface area contributed by atoms with Gasteiger partial charge in [-0.15, -0.1) is 4.40 Å². The molecule has 7 nitrogen and oxygen atoms in total. The number of nitrogens with zero attached hydrogens (tertiary/aromatic N) is 3. The third-order valence-corrected chi connectivity index (χ3v) is 6.94. The van der Waals surface area contributed by atoms with Gasteiger partial charge in [0.25, 0.3) is 10.0 Å². The number of aryl methyl sites for hydroxylation is 1. The second kappa shape index (κ2) is 8.10. The molecule has 1 fully saturated rings. The lowest BCUT2D eigenvalue weighted by Gasteiger charge is -2.41. The van der Waals surface area contributed by atoms with E-state index < -0.39 is 10.0 Å². The van der Waals surface area contributed by atoms with Gasteiger partial charge in [-0.2, -0.15) is 8.42 Å². The van der Waals surface area contributed by atoms with Crippen molar-refractivity contribution in [1.82, 2.24) is 4.90 Å². The summed E-state index contributed by atoms with van der Waals surface area (Å²) < 4.78 is 28.5. The monoisotopic (exact) mass is 426 g/mol. The molecule has 0 saturated carbocycles. The van der Waals surface area contributed by atoms with Crippen molar-refractivity contribution in [3.05, 3.63) is 54.1 Å². The number of hydrogen-bond acceptors (Lipinski definition) is 5. The summed E-state index contributed by atoms with van der Waals surface area (Å²) in [4.78, 5) is 17.1. The second-order valence-electron chi connectivity index (χ2n) is 7.86. The quantitative estimate of drug-likeness (QED) is 0.813. The maximum absolute atomic E-state index is 12.8. The molecule has 1 amide bonds. The zero-order chi connectivity index (χ0) is 21.3. The summed E-state index contributed by atoms with van der Waals surface area (Å²) in [5, 5.41) is 3.05. The first kappa shape index (κ1) is 20.4. The van der Waals surface area contributed by atoms with Gasteiger partial charge in [0.05, 0.1) is 5.69 Å². The molecule has 0 aliphatic carbocycles. The molecule has 2 aliphatic heterocycles. The van der Waals surface area contributed by atoms with Gasteiger partial charge in [0.1, 0.15) is 10.7 Å². The van der Waals surface area contributed by atoms with Gasteiger partial charge in [-0.3, -0.25) is 4.79 Å². The zero-order valence-electron chi connectivity index (χ0n) is 17.2. The van der Waals surface area contributed by atoms with Crippen LogP contribution in [0, 0.1) is 6.92 Å². The van der Waals surface area contributed by atoms with Crippen molar-refractivity contribution in [2.45, 2.75) is 37.6 Å². The van der Waals surface area contributed by atoms with E-state index >= 15 is 0 Å². The van der Waals surface area contributed by atoms with E-state index in [1.165, 1.54) is 17.3 Å². The van der Waals surface area contributed by atoms with Gasteiger partial charge in [0, 0.05) is 44.2 Å². The second-order valence-corrected chi connectivity index (χ2v) is 9.43. The molecular weight excluding hydrogens is 400 g/mol. The van der Waals surface area contributed by atoms with E-state index in [0.29, 0.717) is 24.6 Å². The molecule has 0 bridgehead atoms. The number of fused-ring (bicyclic) bond motifs is 1. The maximum Gasteiger partial charge on any atom is 0.286 e. The molecule has 2 aromatic rings. The highest BCUT2D eigenvalue weighted by Gasteiger charge is 2.28. The SMILES string of the molecule is Cc1cccc(N2CCN(C(=O)CCC3=NS(=O)(=O)c4ccccc4N3)C[C@H]2C)c1. The largest absolute Gasteiger partial charge is 0.365 e. The fourth-order valence-electron chi connectivity index (χ4n) is 4.03. The van der Waals surface area contributed by atoms with Gasteiger partial charge in [0.2, 0.25) is 5.91 Å². The van der Waals surface area contributed by atoms with E-state index in [-0.39, 0.29) is 29.7 Å². The number of carbonyl (C=O) groups is 1. The highest BCUT2D eigenvalue weighted by molar-refractivity contribution is 7.90. The topological polar surface area (TPSA) is 82.1 Å². The zero-order valence-corrected chi connectivity index (χ0v) is 18.0. The minimum atomic E-state index is -3.72. The van der Waals surface area contributed by atoms with Crippen molar-refractivity contribution < 1.29 is 13.2 Å². The molecule has 0 spiro atoms. The van der Waals surface area contributed by atoms with Crippen molar-refractivity contribution in [2.24, 2.45) is 4.40 Å². The number of amidine groups is 1. The van der Waals surface area contributed by atoms with E-state index in [0.717, 1.165) is 6.54 Å². The summed E-state index contributed by atoms with van der Waals surface area (Å²) in [6.45, 7) is 6.27. The van der Waals surface area contributed by atoms with Gasteiger partial charge in [-0.1, -0.05) is 24.3 Å². The number of hydrogen-bond donors (Lipinski definition) is 1. The van der Waals surface area contributed by atoms with Crippen molar-refractivity contribution >= 4 is 33.1 Å². The number of nitrogens with one attached hydrogen (secondary N) is 1. The molecule has 30 heavy (non-hydrogen) atoms. The van der Waals surface area contributed by atoms with E-state index in [2.05, 4.69) is 52.7 Å². The first-order valence-corrected chi connectivity index (χ1v) is 11.6. The van der Waals surface area contributed by atoms with Crippen molar-refractivity contribution in [2.75, 3.05) is 29.9 Å². The first-order valence-electron chi connectivity index (χ1n) is 10.1. The molecule has 4 rings (SSSR count). The lowest BCUT2D eigenvalue weighted by molar-refractivity contribution is -0.131. The predicted octanol–water partition coefficient (Wildman–Crippen LogP) is 3.03. The number of piperazine rings is 1. The lowest BCUT2D eigenvalue weighted by Crippen LogP contribution is -2.53. The van der Waals surface area contributed by atoms with Gasteiger partial charge < -0.3 is 15.1 Å². The number of rotatable bonds is 4. The summed E-state index contributed by atoms with van der Waals surface area (Å²) in [6, 6.07) is 15.3. The van der Waals surface area contributed by atoms with E-state index in [9.17, 15) is 13.2 Å². The minimum Gasteiger partial charge on any atom is -0.365 e. The third kappa shape index (κ3) is 4.18.